The van der Waals surface area contributed by atoms with Crippen molar-refractivity contribution >= 4 is 43.1 Å². The largest absolute Gasteiger partial charge is 0.497 e. The lowest BCUT2D eigenvalue weighted by Gasteiger charge is -2.35. The molecule has 182 valence electrons. The summed E-state index contributed by atoms with van der Waals surface area (Å²) < 4.78 is 39.1. The van der Waals surface area contributed by atoms with Crippen LogP contribution in [-0.2, 0) is 16.4 Å². The van der Waals surface area contributed by atoms with Crippen LogP contribution >= 0.6 is 11.5 Å². The predicted molar refractivity (Wildman–Crippen MR) is 142 cm³/mol. The number of sulfonamides is 1. The number of rotatable bonds is 8. The summed E-state index contributed by atoms with van der Waals surface area (Å²) in [6.07, 6.45) is 0.919. The summed E-state index contributed by atoms with van der Waals surface area (Å²) in [4.78, 5) is 5.04. The Hall–Kier alpha value is -3.14. The van der Waals surface area contributed by atoms with Crippen LogP contribution in [0.15, 0.2) is 77.7 Å². The lowest BCUT2D eigenvalue weighted by molar-refractivity contribution is 0.261. The second kappa shape index (κ2) is 10.2. The Morgan fingerprint density at radius 3 is 2.51 bits per heavy atom. The molecule has 0 unspecified atom stereocenters. The molecular weight excluding hydrogens is 480 g/mol. The van der Waals surface area contributed by atoms with Gasteiger partial charge >= 0.3 is 0 Å². The summed E-state index contributed by atoms with van der Waals surface area (Å²) in [6.45, 7) is 4.92. The van der Waals surface area contributed by atoms with E-state index in [-0.39, 0.29) is 4.90 Å². The zero-order valence-electron chi connectivity index (χ0n) is 19.6. The molecule has 4 aromatic rings. The molecule has 1 aromatic heterocycles. The zero-order chi connectivity index (χ0) is 24.3. The first kappa shape index (κ1) is 23.6. The average Bonchev–Trinajstić information content (AvgIpc) is 3.33. The van der Waals surface area contributed by atoms with Crippen molar-refractivity contribution in [3.63, 3.8) is 0 Å². The highest BCUT2D eigenvalue weighted by Crippen LogP contribution is 2.30. The van der Waals surface area contributed by atoms with Gasteiger partial charge in [-0.25, -0.2) is 8.42 Å². The van der Waals surface area contributed by atoms with E-state index in [2.05, 4.69) is 38.8 Å². The zero-order valence-corrected chi connectivity index (χ0v) is 21.2. The molecule has 0 atom stereocenters. The van der Waals surface area contributed by atoms with Crippen molar-refractivity contribution in [2.24, 2.45) is 0 Å². The summed E-state index contributed by atoms with van der Waals surface area (Å²) >= 11 is 1.57. The van der Waals surface area contributed by atoms with Gasteiger partial charge < -0.3 is 9.64 Å². The van der Waals surface area contributed by atoms with E-state index in [0.717, 1.165) is 45.0 Å². The van der Waals surface area contributed by atoms with Gasteiger partial charge in [0, 0.05) is 49.9 Å². The van der Waals surface area contributed by atoms with Gasteiger partial charge in [-0.05, 0) is 59.9 Å². The van der Waals surface area contributed by atoms with Crippen molar-refractivity contribution in [2.45, 2.75) is 11.3 Å². The molecule has 0 bridgehead atoms. The number of piperazine rings is 1. The first-order chi connectivity index (χ1) is 17.0. The van der Waals surface area contributed by atoms with Crippen LogP contribution in [-0.4, -0.2) is 57.5 Å². The minimum atomic E-state index is -3.67. The number of hydrogen-bond donors (Lipinski definition) is 1. The smallest absolute Gasteiger partial charge is 0.262 e. The SMILES string of the molecule is COc1cccc(S(=O)(=O)Nc2ccc(CCN3CCN(c4nsc5ccccc45)CC3)cc2)c1. The molecule has 5 rings (SSSR count). The normalized spacial score (nSPS) is 14.8. The summed E-state index contributed by atoms with van der Waals surface area (Å²) in [6, 6.07) is 22.5. The summed E-state index contributed by atoms with van der Waals surface area (Å²) in [7, 11) is -2.16. The van der Waals surface area contributed by atoms with Crippen molar-refractivity contribution in [1.82, 2.24) is 9.27 Å². The van der Waals surface area contributed by atoms with E-state index in [0.29, 0.717) is 11.4 Å². The number of hydrogen-bond acceptors (Lipinski definition) is 7. The van der Waals surface area contributed by atoms with E-state index in [9.17, 15) is 8.42 Å². The highest BCUT2D eigenvalue weighted by atomic mass is 32.2. The van der Waals surface area contributed by atoms with Crippen molar-refractivity contribution in [3.8, 4) is 5.75 Å². The lowest BCUT2D eigenvalue weighted by atomic mass is 10.1. The maximum Gasteiger partial charge on any atom is 0.262 e. The number of aromatic nitrogens is 1. The molecule has 2 heterocycles. The van der Waals surface area contributed by atoms with E-state index < -0.39 is 10.0 Å². The van der Waals surface area contributed by atoms with Crippen LogP contribution in [0.2, 0.25) is 0 Å². The summed E-state index contributed by atoms with van der Waals surface area (Å²) in [5.74, 6) is 1.61. The summed E-state index contributed by atoms with van der Waals surface area (Å²) in [5, 5.41) is 1.24. The van der Waals surface area contributed by atoms with E-state index in [4.69, 9.17) is 9.11 Å². The van der Waals surface area contributed by atoms with Crippen LogP contribution in [0.1, 0.15) is 5.56 Å². The Morgan fingerprint density at radius 1 is 0.971 bits per heavy atom. The van der Waals surface area contributed by atoms with E-state index >= 15 is 0 Å². The Balaban J connectivity index is 1.13. The number of nitrogens with one attached hydrogen (secondary N) is 1. The van der Waals surface area contributed by atoms with Crippen molar-refractivity contribution in [2.75, 3.05) is 49.5 Å². The number of methoxy groups -OCH3 is 1. The van der Waals surface area contributed by atoms with E-state index in [1.807, 2.05) is 24.3 Å². The van der Waals surface area contributed by atoms with Crippen LogP contribution < -0.4 is 14.4 Å². The minimum Gasteiger partial charge on any atom is -0.497 e. The lowest BCUT2D eigenvalue weighted by Crippen LogP contribution is -2.47. The number of anilines is 2. The van der Waals surface area contributed by atoms with E-state index in [1.165, 1.54) is 28.8 Å². The molecule has 1 saturated heterocycles. The quantitative estimate of drug-likeness (QED) is 0.379. The Labute approximate surface area is 210 Å². The van der Waals surface area contributed by atoms with Gasteiger partial charge in [0.2, 0.25) is 0 Å². The van der Waals surface area contributed by atoms with Crippen molar-refractivity contribution in [1.29, 1.82) is 0 Å². The Morgan fingerprint density at radius 2 is 1.74 bits per heavy atom. The molecule has 1 N–H and O–H groups in total. The fourth-order valence-electron chi connectivity index (χ4n) is 4.29. The number of nitrogens with zero attached hydrogens (tertiary/aromatic N) is 3. The number of fused-ring (bicyclic) bond motifs is 1. The fraction of sp³-hybridized carbons (Fsp3) is 0.269. The average molecular weight is 509 g/mol. The molecule has 1 fully saturated rings. The Bertz CT molecular complexity index is 1400. The molecular formula is C26H28N4O3S2. The van der Waals surface area contributed by atoms with Gasteiger partial charge in [0.25, 0.3) is 10.0 Å². The molecule has 3 aromatic carbocycles. The van der Waals surface area contributed by atoms with Crippen molar-refractivity contribution in [3.05, 3.63) is 78.4 Å². The molecule has 0 aliphatic carbocycles. The Kier molecular flexibility index (Phi) is 6.90. The molecule has 0 amide bonds. The van der Waals surface area contributed by atoms with Gasteiger partial charge in [-0.3, -0.25) is 9.62 Å². The molecule has 1 aliphatic rings. The second-order valence-electron chi connectivity index (χ2n) is 8.56. The molecule has 1 aliphatic heterocycles. The van der Waals surface area contributed by atoms with Gasteiger partial charge in [-0.2, -0.15) is 4.37 Å². The van der Waals surface area contributed by atoms with Gasteiger partial charge in [0.05, 0.1) is 16.7 Å². The summed E-state index contributed by atoms with van der Waals surface area (Å²) in [5.41, 5.74) is 1.72. The topological polar surface area (TPSA) is 74.8 Å². The van der Waals surface area contributed by atoms with E-state index in [1.54, 1.807) is 29.7 Å². The molecule has 9 heteroatoms. The minimum absolute atomic E-state index is 0.172. The van der Waals surface area contributed by atoms with Gasteiger partial charge in [-0.1, -0.05) is 30.3 Å². The third-order valence-electron chi connectivity index (χ3n) is 6.30. The van der Waals surface area contributed by atoms with Gasteiger partial charge in [0.1, 0.15) is 11.6 Å². The number of ether oxygens (including phenoxy) is 1. The predicted octanol–water partition coefficient (Wildman–Crippen LogP) is 4.47. The van der Waals surface area contributed by atoms with Gasteiger partial charge in [-0.15, -0.1) is 0 Å². The fourth-order valence-corrected chi connectivity index (χ4v) is 6.18. The van der Waals surface area contributed by atoms with Crippen molar-refractivity contribution < 1.29 is 13.2 Å². The highest BCUT2D eigenvalue weighted by Gasteiger charge is 2.20. The van der Waals surface area contributed by atoms with Crippen LogP contribution in [0, 0.1) is 0 Å². The third-order valence-corrected chi connectivity index (χ3v) is 8.50. The monoisotopic (exact) mass is 508 g/mol. The molecule has 7 nitrogen and oxygen atoms in total. The highest BCUT2D eigenvalue weighted by molar-refractivity contribution is 7.92. The molecule has 0 saturated carbocycles. The maximum atomic E-state index is 12.7. The first-order valence-electron chi connectivity index (χ1n) is 11.6. The number of benzene rings is 3. The first-order valence-corrected chi connectivity index (χ1v) is 13.8. The maximum absolute atomic E-state index is 12.7. The third kappa shape index (κ3) is 5.42. The van der Waals surface area contributed by atoms with Crippen LogP contribution in [0.3, 0.4) is 0 Å². The standard InChI is InChI=1S/C26H28N4O3S2/c1-33-22-5-4-6-23(19-22)35(31,32)28-21-11-9-20(10-12-21)13-14-29-15-17-30(18-16-29)26-24-7-2-3-8-25(24)34-27-26/h2-12,19,28H,13-18H2,1H3. The second-order valence-corrected chi connectivity index (χ2v) is 11.0. The van der Waals surface area contributed by atoms with Crippen LogP contribution in [0.5, 0.6) is 5.75 Å². The molecule has 0 spiro atoms. The van der Waals surface area contributed by atoms with Crippen LogP contribution in [0.25, 0.3) is 10.1 Å². The van der Waals surface area contributed by atoms with Crippen LogP contribution in [0.4, 0.5) is 11.5 Å². The van der Waals surface area contributed by atoms with Gasteiger partial charge in [0.15, 0.2) is 0 Å². The molecule has 0 radical (unpaired) electrons. The molecule has 35 heavy (non-hydrogen) atoms.